The topological polar surface area (TPSA) is 26.0 Å². The smallest absolute Gasteiger partial charge is 0.0408 e. The maximum atomic E-state index is 6.32. The van der Waals surface area contributed by atoms with E-state index in [1.165, 1.54) is 0 Å². The van der Waals surface area contributed by atoms with Crippen molar-refractivity contribution in [3.63, 3.8) is 0 Å². The van der Waals surface area contributed by atoms with E-state index in [1.807, 2.05) is 54.6 Å². The van der Waals surface area contributed by atoms with Crippen LogP contribution in [0.5, 0.6) is 0 Å². The van der Waals surface area contributed by atoms with Crippen LogP contribution in [0.3, 0.4) is 0 Å². The van der Waals surface area contributed by atoms with E-state index in [0.29, 0.717) is 10.0 Å². The Morgan fingerprint density at radius 1 is 0.947 bits per heavy atom. The first-order valence-corrected chi connectivity index (χ1v) is 6.76. The second-order valence-electron chi connectivity index (χ2n) is 4.39. The Morgan fingerprint density at radius 2 is 1.63 bits per heavy atom. The van der Waals surface area contributed by atoms with Gasteiger partial charge in [0.2, 0.25) is 0 Å². The Morgan fingerprint density at radius 3 is 2.21 bits per heavy atom. The van der Waals surface area contributed by atoms with Gasteiger partial charge < -0.3 is 5.73 Å². The van der Waals surface area contributed by atoms with Gasteiger partial charge in [0.1, 0.15) is 0 Å². The lowest BCUT2D eigenvalue weighted by Gasteiger charge is -2.22. The molecule has 2 aromatic carbocycles. The summed E-state index contributed by atoms with van der Waals surface area (Å²) in [7, 11) is 0. The predicted molar refractivity (Wildman–Crippen MR) is 82.8 cm³/mol. The van der Waals surface area contributed by atoms with Crippen molar-refractivity contribution in [1.82, 2.24) is 0 Å². The predicted octanol–water partition coefficient (Wildman–Crippen LogP) is 4.96. The van der Waals surface area contributed by atoms with Crippen molar-refractivity contribution in [2.75, 3.05) is 0 Å². The van der Waals surface area contributed by atoms with Crippen LogP contribution in [0.15, 0.2) is 61.2 Å². The number of hydrogen-bond acceptors (Lipinski definition) is 1. The van der Waals surface area contributed by atoms with Crippen molar-refractivity contribution in [2.24, 2.45) is 5.73 Å². The van der Waals surface area contributed by atoms with Crippen molar-refractivity contribution in [1.29, 1.82) is 0 Å². The lowest BCUT2D eigenvalue weighted by atomic mass is 9.88. The zero-order valence-electron chi connectivity index (χ0n) is 10.4. The maximum absolute atomic E-state index is 6.32. The summed E-state index contributed by atoms with van der Waals surface area (Å²) in [5.74, 6) is 0.0138. The van der Waals surface area contributed by atoms with E-state index in [-0.39, 0.29) is 12.0 Å². The number of rotatable bonds is 4. The summed E-state index contributed by atoms with van der Waals surface area (Å²) in [4.78, 5) is 0. The normalized spacial score (nSPS) is 13.8. The quantitative estimate of drug-likeness (QED) is 0.792. The molecule has 0 heterocycles. The van der Waals surface area contributed by atoms with Gasteiger partial charge in [0.15, 0.2) is 0 Å². The number of hydrogen-bond donors (Lipinski definition) is 1. The van der Waals surface area contributed by atoms with Crippen molar-refractivity contribution in [3.05, 3.63) is 82.4 Å². The lowest BCUT2D eigenvalue weighted by molar-refractivity contribution is 0.647. The molecule has 0 aliphatic rings. The van der Waals surface area contributed by atoms with Crippen LogP contribution in [-0.2, 0) is 0 Å². The molecule has 0 aromatic heterocycles. The Kier molecular flexibility index (Phi) is 4.65. The molecule has 98 valence electrons. The summed E-state index contributed by atoms with van der Waals surface area (Å²) in [6.07, 6.45) is 1.85. The first-order chi connectivity index (χ1) is 9.11. The Hall–Kier alpha value is -1.28. The lowest BCUT2D eigenvalue weighted by Crippen LogP contribution is -2.18. The molecule has 2 rings (SSSR count). The molecular weight excluding hydrogens is 277 g/mol. The SMILES string of the molecule is C=C[C@H](c1cccc(Cl)c1)C(N)c1ccc(Cl)cc1. The second kappa shape index (κ2) is 6.25. The van der Waals surface area contributed by atoms with Gasteiger partial charge in [-0.25, -0.2) is 0 Å². The van der Waals surface area contributed by atoms with Crippen LogP contribution in [-0.4, -0.2) is 0 Å². The van der Waals surface area contributed by atoms with Crippen molar-refractivity contribution >= 4 is 23.2 Å². The summed E-state index contributed by atoms with van der Waals surface area (Å²) >= 11 is 11.9. The van der Waals surface area contributed by atoms with Crippen LogP contribution in [0.25, 0.3) is 0 Å². The first-order valence-electron chi connectivity index (χ1n) is 6.01. The van der Waals surface area contributed by atoms with Gasteiger partial charge >= 0.3 is 0 Å². The molecule has 0 amide bonds. The number of nitrogens with two attached hydrogens (primary N) is 1. The molecule has 0 aliphatic carbocycles. The molecule has 0 spiro atoms. The minimum Gasteiger partial charge on any atom is -0.323 e. The van der Waals surface area contributed by atoms with E-state index in [4.69, 9.17) is 28.9 Å². The third-order valence-electron chi connectivity index (χ3n) is 3.13. The van der Waals surface area contributed by atoms with Crippen molar-refractivity contribution in [2.45, 2.75) is 12.0 Å². The fraction of sp³-hybridized carbons (Fsp3) is 0.125. The van der Waals surface area contributed by atoms with Gasteiger partial charge in [-0.1, -0.05) is 53.5 Å². The van der Waals surface area contributed by atoms with Gasteiger partial charge in [0.05, 0.1) is 0 Å². The molecule has 0 saturated heterocycles. The van der Waals surface area contributed by atoms with E-state index in [9.17, 15) is 0 Å². The average Bonchev–Trinajstić information content (AvgIpc) is 2.40. The Labute approximate surface area is 123 Å². The van der Waals surface area contributed by atoms with Crippen LogP contribution in [0.1, 0.15) is 23.1 Å². The van der Waals surface area contributed by atoms with Crippen LogP contribution in [0.2, 0.25) is 10.0 Å². The zero-order chi connectivity index (χ0) is 13.8. The highest BCUT2D eigenvalue weighted by Gasteiger charge is 2.18. The summed E-state index contributed by atoms with van der Waals surface area (Å²) in [5, 5.41) is 1.40. The summed E-state index contributed by atoms with van der Waals surface area (Å²) in [5.41, 5.74) is 8.41. The third-order valence-corrected chi connectivity index (χ3v) is 3.62. The highest BCUT2D eigenvalue weighted by Crippen LogP contribution is 2.31. The second-order valence-corrected chi connectivity index (χ2v) is 5.27. The minimum atomic E-state index is -0.173. The zero-order valence-corrected chi connectivity index (χ0v) is 11.9. The van der Waals surface area contributed by atoms with E-state index >= 15 is 0 Å². The summed E-state index contributed by atoms with van der Waals surface area (Å²) < 4.78 is 0. The molecule has 1 nitrogen and oxygen atoms in total. The molecule has 2 aromatic rings. The summed E-state index contributed by atoms with van der Waals surface area (Å²) in [6.45, 7) is 3.88. The molecule has 2 atom stereocenters. The molecule has 0 fully saturated rings. The van der Waals surface area contributed by atoms with Crippen LogP contribution < -0.4 is 5.73 Å². The van der Waals surface area contributed by atoms with Crippen LogP contribution in [0.4, 0.5) is 0 Å². The first kappa shape index (κ1) is 14.1. The van der Waals surface area contributed by atoms with Crippen LogP contribution >= 0.6 is 23.2 Å². The van der Waals surface area contributed by atoms with E-state index in [1.54, 1.807) is 0 Å². The van der Waals surface area contributed by atoms with E-state index < -0.39 is 0 Å². The standard InChI is InChI=1S/C16H15Cl2N/c1-2-15(12-4-3-5-14(18)10-12)16(19)11-6-8-13(17)9-7-11/h2-10,15-16H,1,19H2/t15-,16?/m1/s1. The van der Waals surface area contributed by atoms with Gasteiger partial charge in [-0.05, 0) is 35.4 Å². The molecule has 19 heavy (non-hydrogen) atoms. The maximum Gasteiger partial charge on any atom is 0.0408 e. The van der Waals surface area contributed by atoms with E-state index in [2.05, 4.69) is 6.58 Å². The molecular formula is C16H15Cl2N. The van der Waals surface area contributed by atoms with Crippen LogP contribution in [0, 0.1) is 0 Å². The largest absolute Gasteiger partial charge is 0.323 e. The number of benzene rings is 2. The monoisotopic (exact) mass is 291 g/mol. The minimum absolute atomic E-state index is 0.0138. The molecule has 3 heteroatoms. The molecule has 0 bridgehead atoms. The van der Waals surface area contributed by atoms with Gasteiger partial charge in [-0.3, -0.25) is 0 Å². The molecule has 0 saturated carbocycles. The Balaban J connectivity index is 2.31. The van der Waals surface area contributed by atoms with Crippen molar-refractivity contribution in [3.8, 4) is 0 Å². The molecule has 0 radical (unpaired) electrons. The molecule has 1 unspecified atom stereocenters. The third kappa shape index (κ3) is 3.38. The fourth-order valence-electron chi connectivity index (χ4n) is 2.10. The van der Waals surface area contributed by atoms with Gasteiger partial charge in [0, 0.05) is 22.0 Å². The average molecular weight is 292 g/mol. The van der Waals surface area contributed by atoms with Crippen molar-refractivity contribution < 1.29 is 0 Å². The Bertz CT molecular complexity index is 563. The number of halogens is 2. The van der Waals surface area contributed by atoms with Gasteiger partial charge in [0.25, 0.3) is 0 Å². The van der Waals surface area contributed by atoms with E-state index in [0.717, 1.165) is 11.1 Å². The van der Waals surface area contributed by atoms with Gasteiger partial charge in [-0.15, -0.1) is 6.58 Å². The molecule has 0 aliphatic heterocycles. The highest BCUT2D eigenvalue weighted by molar-refractivity contribution is 6.30. The highest BCUT2D eigenvalue weighted by atomic mass is 35.5. The summed E-state index contributed by atoms with van der Waals surface area (Å²) in [6, 6.07) is 15.1. The fourth-order valence-corrected chi connectivity index (χ4v) is 2.42. The molecule has 2 N–H and O–H groups in total. The van der Waals surface area contributed by atoms with Gasteiger partial charge in [-0.2, -0.15) is 0 Å².